The molecule has 0 fully saturated rings. The van der Waals surface area contributed by atoms with Gasteiger partial charge in [0, 0.05) is 19.8 Å². The summed E-state index contributed by atoms with van der Waals surface area (Å²) in [6.07, 6.45) is 7.34. The van der Waals surface area contributed by atoms with Crippen molar-refractivity contribution in [1.82, 2.24) is 4.90 Å². The molecule has 0 spiro atoms. The fraction of sp³-hybridized carbons (Fsp3) is 0.938. The molecule has 0 aliphatic rings. The average molecular weight is 287 g/mol. The van der Waals surface area contributed by atoms with Crippen LogP contribution in [0.15, 0.2) is 0 Å². The van der Waals surface area contributed by atoms with Crippen LogP contribution in [-0.2, 0) is 9.53 Å². The molecule has 0 aromatic rings. The van der Waals surface area contributed by atoms with E-state index >= 15 is 0 Å². The fourth-order valence-corrected chi connectivity index (χ4v) is 2.18. The molecule has 0 bridgehead atoms. The van der Waals surface area contributed by atoms with Gasteiger partial charge in [0.25, 0.3) is 0 Å². The van der Waals surface area contributed by atoms with Crippen LogP contribution in [0, 0.1) is 5.92 Å². The van der Waals surface area contributed by atoms with Crippen LogP contribution in [0.25, 0.3) is 0 Å². The van der Waals surface area contributed by atoms with Gasteiger partial charge < -0.3 is 14.7 Å². The second kappa shape index (κ2) is 13.4. The molecule has 0 saturated heterocycles. The van der Waals surface area contributed by atoms with Gasteiger partial charge in [0.15, 0.2) is 0 Å². The number of ether oxygens (including phenoxy) is 1. The largest absolute Gasteiger partial charge is 0.481 e. The van der Waals surface area contributed by atoms with Crippen LogP contribution in [-0.4, -0.2) is 49.3 Å². The molecule has 4 heteroatoms. The third-order valence-electron chi connectivity index (χ3n) is 3.51. The van der Waals surface area contributed by atoms with Crippen molar-refractivity contribution in [2.24, 2.45) is 5.92 Å². The summed E-state index contributed by atoms with van der Waals surface area (Å²) in [6.45, 7) is 7.44. The smallest absolute Gasteiger partial charge is 0.307 e. The summed E-state index contributed by atoms with van der Waals surface area (Å²) in [5.74, 6) is -0.949. The molecular weight excluding hydrogens is 254 g/mol. The summed E-state index contributed by atoms with van der Waals surface area (Å²) >= 11 is 0. The Balaban J connectivity index is 3.72. The zero-order valence-corrected chi connectivity index (χ0v) is 13.6. The summed E-state index contributed by atoms with van der Waals surface area (Å²) in [5.41, 5.74) is 0. The van der Waals surface area contributed by atoms with Crippen molar-refractivity contribution in [2.75, 3.05) is 33.4 Å². The Morgan fingerprint density at radius 2 is 1.75 bits per heavy atom. The van der Waals surface area contributed by atoms with E-state index in [4.69, 9.17) is 4.74 Å². The number of carboxylic acids is 1. The van der Waals surface area contributed by atoms with Crippen molar-refractivity contribution in [3.8, 4) is 0 Å². The summed E-state index contributed by atoms with van der Waals surface area (Å²) in [5, 5.41) is 9.25. The SMILES string of the molecule is CCCCCOCCCC(CN(C)CCCC)C(=O)O. The van der Waals surface area contributed by atoms with E-state index in [1.807, 2.05) is 7.05 Å². The Kier molecular flexibility index (Phi) is 13.0. The highest BCUT2D eigenvalue weighted by molar-refractivity contribution is 5.70. The van der Waals surface area contributed by atoms with E-state index in [1.54, 1.807) is 0 Å². The quantitative estimate of drug-likeness (QED) is 0.497. The van der Waals surface area contributed by atoms with E-state index < -0.39 is 5.97 Å². The van der Waals surface area contributed by atoms with Crippen LogP contribution < -0.4 is 0 Å². The number of hydrogen-bond donors (Lipinski definition) is 1. The molecule has 20 heavy (non-hydrogen) atoms. The van der Waals surface area contributed by atoms with Gasteiger partial charge in [0.1, 0.15) is 0 Å². The number of rotatable bonds is 14. The Labute approximate surface area is 124 Å². The van der Waals surface area contributed by atoms with Gasteiger partial charge >= 0.3 is 5.97 Å². The lowest BCUT2D eigenvalue weighted by molar-refractivity contribution is -0.142. The van der Waals surface area contributed by atoms with Gasteiger partial charge in [-0.05, 0) is 39.3 Å². The van der Waals surface area contributed by atoms with E-state index in [9.17, 15) is 9.90 Å². The average Bonchev–Trinajstić information content (AvgIpc) is 2.42. The highest BCUT2D eigenvalue weighted by Crippen LogP contribution is 2.10. The first-order valence-corrected chi connectivity index (χ1v) is 8.10. The Bertz CT molecular complexity index is 234. The molecule has 120 valence electrons. The summed E-state index contributed by atoms with van der Waals surface area (Å²) in [4.78, 5) is 13.4. The van der Waals surface area contributed by atoms with Gasteiger partial charge in [-0.3, -0.25) is 4.79 Å². The van der Waals surface area contributed by atoms with E-state index in [1.165, 1.54) is 12.8 Å². The minimum Gasteiger partial charge on any atom is -0.481 e. The molecule has 0 aromatic carbocycles. The molecule has 4 nitrogen and oxygen atoms in total. The fourth-order valence-electron chi connectivity index (χ4n) is 2.18. The molecular formula is C16H33NO3. The number of unbranched alkanes of at least 4 members (excludes halogenated alkanes) is 3. The van der Waals surface area contributed by atoms with E-state index in [2.05, 4.69) is 18.7 Å². The van der Waals surface area contributed by atoms with Crippen LogP contribution >= 0.6 is 0 Å². The number of aliphatic carboxylic acids is 1. The third kappa shape index (κ3) is 11.2. The Morgan fingerprint density at radius 3 is 2.35 bits per heavy atom. The van der Waals surface area contributed by atoms with Crippen LogP contribution in [0.4, 0.5) is 0 Å². The second-order valence-corrected chi connectivity index (χ2v) is 5.61. The lowest BCUT2D eigenvalue weighted by Crippen LogP contribution is -2.31. The topological polar surface area (TPSA) is 49.8 Å². The van der Waals surface area contributed by atoms with Crippen molar-refractivity contribution in [3.05, 3.63) is 0 Å². The number of hydrogen-bond acceptors (Lipinski definition) is 3. The minimum atomic E-state index is -0.681. The van der Waals surface area contributed by atoms with Crippen LogP contribution in [0.1, 0.15) is 58.8 Å². The van der Waals surface area contributed by atoms with Crippen molar-refractivity contribution < 1.29 is 14.6 Å². The highest BCUT2D eigenvalue weighted by Gasteiger charge is 2.18. The normalized spacial score (nSPS) is 12.8. The first kappa shape index (κ1) is 19.4. The van der Waals surface area contributed by atoms with E-state index in [-0.39, 0.29) is 5.92 Å². The van der Waals surface area contributed by atoms with Crippen molar-refractivity contribution in [1.29, 1.82) is 0 Å². The lowest BCUT2D eigenvalue weighted by atomic mass is 10.0. The maximum absolute atomic E-state index is 11.2. The second-order valence-electron chi connectivity index (χ2n) is 5.61. The summed E-state index contributed by atoms with van der Waals surface area (Å²) < 4.78 is 5.53. The molecule has 0 aromatic heterocycles. The molecule has 0 aliphatic heterocycles. The zero-order chi connectivity index (χ0) is 15.2. The zero-order valence-electron chi connectivity index (χ0n) is 13.6. The standard InChI is InChI=1S/C16H33NO3/c1-4-6-8-12-20-13-9-10-15(16(18)19)14-17(3)11-7-5-2/h15H,4-14H2,1-3H3,(H,18,19). The van der Waals surface area contributed by atoms with Gasteiger partial charge in [0.05, 0.1) is 5.92 Å². The third-order valence-corrected chi connectivity index (χ3v) is 3.51. The molecule has 0 rings (SSSR count). The molecule has 0 radical (unpaired) electrons. The molecule has 0 aliphatic carbocycles. The summed E-state index contributed by atoms with van der Waals surface area (Å²) in [6, 6.07) is 0. The molecule has 1 atom stereocenters. The van der Waals surface area contributed by atoms with Crippen molar-refractivity contribution in [3.63, 3.8) is 0 Å². The number of carboxylic acid groups (broad SMARTS) is 1. The number of carbonyl (C=O) groups is 1. The van der Waals surface area contributed by atoms with Gasteiger partial charge in [-0.15, -0.1) is 0 Å². The molecule has 0 saturated carbocycles. The van der Waals surface area contributed by atoms with Crippen molar-refractivity contribution in [2.45, 2.75) is 58.8 Å². The number of nitrogens with zero attached hydrogens (tertiary/aromatic N) is 1. The Hall–Kier alpha value is -0.610. The van der Waals surface area contributed by atoms with Crippen LogP contribution in [0.3, 0.4) is 0 Å². The van der Waals surface area contributed by atoms with Gasteiger partial charge in [-0.2, -0.15) is 0 Å². The molecule has 0 heterocycles. The maximum Gasteiger partial charge on any atom is 0.307 e. The Morgan fingerprint density at radius 1 is 1.10 bits per heavy atom. The predicted octanol–water partition coefficient (Wildman–Crippen LogP) is 3.41. The predicted molar refractivity (Wildman–Crippen MR) is 83.1 cm³/mol. The maximum atomic E-state index is 11.2. The van der Waals surface area contributed by atoms with Crippen LogP contribution in [0.2, 0.25) is 0 Å². The molecule has 0 amide bonds. The van der Waals surface area contributed by atoms with Gasteiger partial charge in [-0.1, -0.05) is 33.1 Å². The molecule has 1 N–H and O–H groups in total. The molecule has 1 unspecified atom stereocenters. The van der Waals surface area contributed by atoms with Gasteiger partial charge in [-0.25, -0.2) is 0 Å². The first-order chi connectivity index (χ1) is 9.61. The first-order valence-electron chi connectivity index (χ1n) is 8.10. The summed E-state index contributed by atoms with van der Waals surface area (Å²) in [7, 11) is 2.01. The highest BCUT2D eigenvalue weighted by atomic mass is 16.5. The van der Waals surface area contributed by atoms with E-state index in [0.717, 1.165) is 38.8 Å². The van der Waals surface area contributed by atoms with Crippen molar-refractivity contribution >= 4 is 5.97 Å². The van der Waals surface area contributed by atoms with Gasteiger partial charge in [0.2, 0.25) is 0 Å². The lowest BCUT2D eigenvalue weighted by Gasteiger charge is -2.21. The minimum absolute atomic E-state index is 0.268. The van der Waals surface area contributed by atoms with Crippen LogP contribution in [0.5, 0.6) is 0 Å². The van der Waals surface area contributed by atoms with E-state index in [0.29, 0.717) is 19.6 Å². The monoisotopic (exact) mass is 287 g/mol.